The second-order valence-electron chi connectivity index (χ2n) is 6.67. The van der Waals surface area contributed by atoms with Crippen LogP contribution in [-0.4, -0.2) is 53.0 Å². The quantitative estimate of drug-likeness (QED) is 0.182. The van der Waals surface area contributed by atoms with Crippen LogP contribution in [0.1, 0.15) is 25.6 Å². The fourth-order valence-electron chi connectivity index (χ4n) is 2.81. The van der Waals surface area contributed by atoms with Crippen LogP contribution in [0.5, 0.6) is 5.75 Å². The third-order valence-electron chi connectivity index (χ3n) is 4.37. The number of nitrogens with zero attached hydrogens (tertiary/aromatic N) is 3. The molecule has 3 N–H and O–H groups in total. The smallest absolute Gasteiger partial charge is 0.424 e. The minimum absolute atomic E-state index is 0. The number of imidazole rings is 1. The number of aryl methyl sites for hydroxylation is 1. The number of ether oxygens (including phenoxy) is 1. The summed E-state index contributed by atoms with van der Waals surface area (Å²) in [5.74, 6) is 0.700. The molecule has 2 aromatic rings. The molecule has 7 nitrogen and oxygen atoms in total. The Balaban J connectivity index is 0.00000480. The molecule has 31 heavy (non-hydrogen) atoms. The highest BCUT2D eigenvalue weighted by atomic mass is 127. The molecule has 1 heterocycles. The lowest BCUT2D eigenvalue weighted by Gasteiger charge is -2.30. The van der Waals surface area contributed by atoms with Gasteiger partial charge in [0.15, 0.2) is 5.96 Å². The zero-order chi connectivity index (χ0) is 22.0. The van der Waals surface area contributed by atoms with Gasteiger partial charge in [-0.15, -0.1) is 24.0 Å². The van der Waals surface area contributed by atoms with Crippen molar-refractivity contribution in [2.45, 2.75) is 31.5 Å². The Morgan fingerprint density at radius 3 is 2.52 bits per heavy atom. The van der Waals surface area contributed by atoms with Crippen LogP contribution in [0.2, 0.25) is 0 Å². The highest BCUT2D eigenvalue weighted by Gasteiger charge is 2.57. The maximum atomic E-state index is 13.6. The first-order valence-electron chi connectivity index (χ1n) is 9.75. The zero-order valence-corrected chi connectivity index (χ0v) is 19.9. The summed E-state index contributed by atoms with van der Waals surface area (Å²) < 4.78 is 47.4. The van der Waals surface area contributed by atoms with Crippen LogP contribution in [0.25, 0.3) is 0 Å². The molecule has 2 rings (SSSR count). The lowest BCUT2D eigenvalue weighted by atomic mass is 9.97. The molecule has 0 aliphatic rings. The molecule has 0 radical (unpaired) electrons. The number of guanidine groups is 1. The van der Waals surface area contributed by atoms with Gasteiger partial charge < -0.3 is 25.0 Å². The van der Waals surface area contributed by atoms with Crippen LogP contribution in [0.15, 0.2) is 47.7 Å². The average Bonchev–Trinajstić information content (AvgIpc) is 3.14. The van der Waals surface area contributed by atoms with Gasteiger partial charge in [-0.1, -0.05) is 18.2 Å². The molecule has 11 heteroatoms. The highest BCUT2D eigenvalue weighted by molar-refractivity contribution is 14.0. The van der Waals surface area contributed by atoms with Gasteiger partial charge in [-0.05, 0) is 19.1 Å². The van der Waals surface area contributed by atoms with Crippen LogP contribution in [-0.2, 0) is 12.6 Å². The van der Waals surface area contributed by atoms with Crippen molar-refractivity contribution in [1.29, 1.82) is 0 Å². The Labute approximate surface area is 197 Å². The molecular weight excluding hydrogens is 526 g/mol. The third kappa shape index (κ3) is 7.87. The SMILES string of the molecule is CCNC(=NCCCOc1ccccc1)NCCC(O)(c1nccn1C)C(F)(F)F.I. The summed E-state index contributed by atoms with van der Waals surface area (Å²) in [6.07, 6.45) is -2.24. The minimum atomic E-state index is -4.86. The van der Waals surface area contributed by atoms with Crippen molar-refractivity contribution in [2.75, 3.05) is 26.2 Å². The highest BCUT2D eigenvalue weighted by Crippen LogP contribution is 2.40. The van der Waals surface area contributed by atoms with E-state index in [2.05, 4.69) is 20.6 Å². The van der Waals surface area contributed by atoms with E-state index in [0.29, 0.717) is 32.1 Å². The Morgan fingerprint density at radius 2 is 1.94 bits per heavy atom. The summed E-state index contributed by atoms with van der Waals surface area (Å²) in [7, 11) is 1.41. The van der Waals surface area contributed by atoms with E-state index in [-0.39, 0.29) is 30.5 Å². The van der Waals surface area contributed by atoms with Gasteiger partial charge in [0.25, 0.3) is 0 Å². The van der Waals surface area contributed by atoms with Crippen LogP contribution < -0.4 is 15.4 Å². The molecule has 1 aromatic heterocycles. The van der Waals surface area contributed by atoms with Gasteiger partial charge in [0, 0.05) is 51.9 Å². The average molecular weight is 555 g/mol. The Hall–Kier alpha value is -2.02. The fourth-order valence-corrected chi connectivity index (χ4v) is 2.81. The first-order chi connectivity index (χ1) is 14.3. The molecule has 0 aliphatic carbocycles. The number of hydrogen-bond donors (Lipinski definition) is 3. The first kappa shape index (κ1) is 27.0. The molecule has 174 valence electrons. The van der Waals surface area contributed by atoms with E-state index in [1.807, 2.05) is 37.3 Å². The molecule has 0 fully saturated rings. The van der Waals surface area contributed by atoms with Crippen molar-refractivity contribution >= 4 is 29.9 Å². The fraction of sp³-hybridized carbons (Fsp3) is 0.500. The Morgan fingerprint density at radius 1 is 1.23 bits per heavy atom. The van der Waals surface area contributed by atoms with E-state index in [1.165, 1.54) is 24.0 Å². The Bertz CT molecular complexity index is 802. The standard InChI is InChI=1S/C20H28F3N5O2.HI/c1-3-24-18(26-11-7-15-30-16-8-5-4-6-9-16)27-12-10-19(29,20(21,22)23)17-25-13-14-28(17)2;/h4-6,8-9,13-14,29H,3,7,10-12,15H2,1-2H3,(H2,24,26,27);1H. The number of para-hydroxylation sites is 1. The van der Waals surface area contributed by atoms with Crippen molar-refractivity contribution in [3.8, 4) is 5.75 Å². The van der Waals surface area contributed by atoms with E-state index >= 15 is 0 Å². The maximum Gasteiger partial charge on any atom is 0.424 e. The summed E-state index contributed by atoms with van der Waals surface area (Å²) in [4.78, 5) is 8.03. The largest absolute Gasteiger partial charge is 0.494 e. The summed E-state index contributed by atoms with van der Waals surface area (Å²) in [5, 5.41) is 16.2. The molecular formula is C20H29F3IN5O2. The molecule has 1 atom stereocenters. The van der Waals surface area contributed by atoms with Crippen molar-refractivity contribution in [3.05, 3.63) is 48.5 Å². The number of halogens is 4. The molecule has 0 aliphatic heterocycles. The third-order valence-corrected chi connectivity index (χ3v) is 4.37. The normalized spacial score (nSPS) is 13.8. The first-order valence-corrected chi connectivity index (χ1v) is 9.75. The van der Waals surface area contributed by atoms with Gasteiger partial charge in [-0.2, -0.15) is 13.2 Å². The van der Waals surface area contributed by atoms with E-state index < -0.39 is 24.0 Å². The summed E-state index contributed by atoms with van der Waals surface area (Å²) in [6.45, 7) is 3.17. The van der Waals surface area contributed by atoms with Crippen LogP contribution in [0.3, 0.4) is 0 Å². The summed E-state index contributed by atoms with van der Waals surface area (Å²) in [5.41, 5.74) is -3.06. The van der Waals surface area contributed by atoms with Gasteiger partial charge >= 0.3 is 6.18 Å². The lowest BCUT2D eigenvalue weighted by Crippen LogP contribution is -2.48. The second kappa shape index (κ2) is 12.7. The van der Waals surface area contributed by atoms with Crippen molar-refractivity contribution in [2.24, 2.45) is 12.0 Å². The number of aromatic nitrogens is 2. The second-order valence-corrected chi connectivity index (χ2v) is 6.67. The van der Waals surface area contributed by atoms with Gasteiger partial charge in [-0.25, -0.2) is 4.98 Å². The van der Waals surface area contributed by atoms with Gasteiger partial charge in [0.1, 0.15) is 11.6 Å². The topological polar surface area (TPSA) is 83.7 Å². The molecule has 0 amide bonds. The number of benzene rings is 1. The van der Waals surface area contributed by atoms with Gasteiger partial charge in [0.2, 0.25) is 5.60 Å². The van der Waals surface area contributed by atoms with E-state index in [1.54, 1.807) is 0 Å². The molecule has 0 spiro atoms. The maximum absolute atomic E-state index is 13.6. The number of nitrogens with one attached hydrogen (secondary N) is 2. The number of aliphatic imine (C=N–C) groups is 1. The van der Waals surface area contributed by atoms with Crippen LogP contribution in [0, 0.1) is 0 Å². The summed E-state index contributed by atoms with van der Waals surface area (Å²) in [6, 6.07) is 9.39. The number of hydrogen-bond acceptors (Lipinski definition) is 4. The van der Waals surface area contributed by atoms with Gasteiger partial charge in [-0.3, -0.25) is 4.99 Å². The van der Waals surface area contributed by atoms with Crippen LogP contribution in [0.4, 0.5) is 13.2 Å². The molecule has 1 unspecified atom stereocenters. The number of aliphatic hydroxyl groups is 1. The van der Waals surface area contributed by atoms with E-state index in [0.717, 1.165) is 5.75 Å². The molecule has 0 saturated heterocycles. The lowest BCUT2D eigenvalue weighted by molar-refractivity contribution is -0.272. The molecule has 1 aromatic carbocycles. The van der Waals surface area contributed by atoms with E-state index in [9.17, 15) is 18.3 Å². The number of rotatable bonds is 10. The molecule has 0 bridgehead atoms. The predicted octanol–water partition coefficient (Wildman–Crippen LogP) is 3.20. The summed E-state index contributed by atoms with van der Waals surface area (Å²) >= 11 is 0. The Kier molecular flexibility index (Phi) is 11.1. The van der Waals surface area contributed by atoms with E-state index in [4.69, 9.17) is 4.74 Å². The minimum Gasteiger partial charge on any atom is -0.494 e. The van der Waals surface area contributed by atoms with Crippen molar-refractivity contribution in [1.82, 2.24) is 20.2 Å². The van der Waals surface area contributed by atoms with Gasteiger partial charge in [0.05, 0.1) is 6.61 Å². The monoisotopic (exact) mass is 555 g/mol. The van der Waals surface area contributed by atoms with Crippen molar-refractivity contribution < 1.29 is 23.0 Å². The zero-order valence-electron chi connectivity index (χ0n) is 17.5. The number of alkyl halides is 3. The van der Waals surface area contributed by atoms with Crippen LogP contribution >= 0.6 is 24.0 Å². The molecule has 0 saturated carbocycles. The predicted molar refractivity (Wildman–Crippen MR) is 124 cm³/mol. The van der Waals surface area contributed by atoms with Crippen molar-refractivity contribution in [3.63, 3.8) is 0 Å².